The van der Waals surface area contributed by atoms with E-state index in [1.807, 2.05) is 0 Å². The summed E-state index contributed by atoms with van der Waals surface area (Å²) in [6.07, 6.45) is 0. The first kappa shape index (κ1) is 25.3. The normalized spacial score (nSPS) is 15.9. The average molecular weight is 488 g/mol. The zero-order chi connectivity index (χ0) is 21.6. The first-order valence-electron chi connectivity index (χ1n) is 4.64. The summed E-state index contributed by atoms with van der Waals surface area (Å²) in [6.45, 7) is 0. The molecule has 0 heterocycles. The highest BCUT2D eigenvalue weighted by molar-refractivity contribution is 8.16. The topological polar surface area (TPSA) is 162 Å². The molecule has 0 aliphatic carbocycles. The van der Waals surface area contributed by atoms with Crippen LogP contribution in [0.3, 0.4) is 0 Å². The van der Waals surface area contributed by atoms with Crippen molar-refractivity contribution in [2.24, 2.45) is 0 Å². The zero-order valence-electron chi connectivity index (χ0n) is 10.8. The molecule has 0 saturated heterocycles. The van der Waals surface area contributed by atoms with Crippen LogP contribution in [0.4, 0.5) is 39.5 Å². The van der Waals surface area contributed by atoms with Gasteiger partial charge in [0.25, 0.3) is 0 Å². The van der Waals surface area contributed by atoms with Crippen LogP contribution in [-0.2, 0) is 34.6 Å². The maximum absolute atomic E-state index is 12.1. The molecule has 0 saturated carbocycles. The molecule has 0 aromatic heterocycles. The van der Waals surface area contributed by atoms with Gasteiger partial charge in [0.05, 0.1) is 0 Å². The molecule has 10 nitrogen and oxygen atoms in total. The summed E-state index contributed by atoms with van der Waals surface area (Å²) in [6, 6.07) is 0. The van der Waals surface area contributed by atoms with E-state index in [1.54, 1.807) is 0 Å². The van der Waals surface area contributed by atoms with E-state index < -0.39 is 54.2 Å². The highest BCUT2D eigenvalue weighted by Gasteiger charge is 2.44. The molecule has 0 bridgehead atoms. The highest BCUT2D eigenvalue weighted by atomic mass is 32.2. The maximum Gasteiger partial charge on any atom is 0.480 e. The zero-order valence-corrected chi connectivity index (χ0v) is 14.1. The van der Waals surface area contributed by atoms with Gasteiger partial charge in [-0.3, -0.25) is 0 Å². The van der Waals surface area contributed by atoms with Gasteiger partial charge in [-0.2, -0.15) is 47.1 Å². The minimum atomic E-state index is -7.42. The van der Waals surface area contributed by atoms with Crippen molar-refractivity contribution < 1.29 is 69.3 Å². The molecule has 23 heteroatoms. The molecule has 0 aromatic carbocycles. The van der Waals surface area contributed by atoms with Crippen LogP contribution in [0, 0.1) is 0 Å². The van der Waals surface area contributed by atoms with Gasteiger partial charge in [0, 0.05) is 0 Å². The van der Waals surface area contributed by atoms with Gasteiger partial charge < -0.3 is 18.0 Å². The Balaban J connectivity index is 6.37. The minimum absolute atomic E-state index is 0.920. The van der Waals surface area contributed by atoms with Crippen molar-refractivity contribution in [3.8, 4) is 0 Å². The molecule has 158 valence electrons. The summed E-state index contributed by atoms with van der Waals surface area (Å²) in [4.78, 5) is 0. The molecule has 0 N–H and O–H groups in total. The molecule has 0 fully saturated rings. The molecule has 0 rings (SSSR count). The second-order valence-corrected chi connectivity index (χ2v) is 10.7. The summed E-state index contributed by atoms with van der Waals surface area (Å²) in [5.74, 6) is 0. The average Bonchev–Trinajstić information content (AvgIpc) is 2.19. The third-order valence-electron chi connectivity index (χ3n) is 1.52. The lowest BCUT2D eigenvalue weighted by molar-refractivity contribution is -0.0429. The van der Waals surface area contributed by atoms with Crippen LogP contribution in [-0.4, -0.2) is 41.8 Å². The highest BCUT2D eigenvalue weighted by Crippen LogP contribution is 2.70. The molecular formula is C3F9N3O7PS3-3. The standard InChI is InChI=1S/C3F9N3O7PS3/c4-1(5,6)24(17,18)13-23(16,14-25(19,20)2(7,8)9)15-26(21,22)3(10,11)12/q-3. The fourth-order valence-electron chi connectivity index (χ4n) is 0.604. The van der Waals surface area contributed by atoms with E-state index in [0.29, 0.717) is 0 Å². The molecular weight excluding hydrogens is 488 g/mol. The minimum Gasteiger partial charge on any atom is -0.515 e. The summed E-state index contributed by atoms with van der Waals surface area (Å²) in [7, 11) is -29.3. The lowest BCUT2D eigenvalue weighted by Crippen LogP contribution is -2.26. The number of sulfonamides is 3. The summed E-state index contributed by atoms with van der Waals surface area (Å²) in [5, 5.41) is 0. The largest absolute Gasteiger partial charge is 0.515 e. The first-order chi connectivity index (χ1) is 10.9. The van der Waals surface area contributed by atoms with Crippen molar-refractivity contribution in [3.05, 3.63) is 13.5 Å². The van der Waals surface area contributed by atoms with Crippen LogP contribution < -0.4 is 0 Å². The van der Waals surface area contributed by atoms with E-state index in [0.717, 1.165) is 13.5 Å². The summed E-state index contributed by atoms with van der Waals surface area (Å²) in [5.41, 5.74) is -19.9. The number of nitrogens with zero attached hydrogens (tertiary/aromatic N) is 3. The Morgan fingerprint density at radius 2 is 0.654 bits per heavy atom. The van der Waals surface area contributed by atoms with Gasteiger partial charge in [-0.15, -0.1) is 0 Å². The van der Waals surface area contributed by atoms with Gasteiger partial charge in [0.1, 0.15) is 0 Å². The quantitative estimate of drug-likeness (QED) is 0.410. The summed E-state index contributed by atoms with van der Waals surface area (Å²) >= 11 is 0. The second-order valence-electron chi connectivity index (χ2n) is 3.52. The molecule has 0 aliphatic heterocycles. The molecule has 0 atom stereocenters. The predicted octanol–water partition coefficient (Wildman–Crippen LogP) is 2.76. The Morgan fingerprint density at radius 3 is 0.769 bits per heavy atom. The van der Waals surface area contributed by atoms with Crippen molar-refractivity contribution in [3.63, 3.8) is 0 Å². The first-order valence-corrected chi connectivity index (χ1v) is 10.5. The maximum atomic E-state index is 12.1. The molecule has 0 amide bonds. The van der Waals surface area contributed by atoms with Crippen LogP contribution >= 0.6 is 7.59 Å². The van der Waals surface area contributed by atoms with Crippen molar-refractivity contribution >= 4 is 37.7 Å². The van der Waals surface area contributed by atoms with Gasteiger partial charge in [-0.05, 0) is 0 Å². The van der Waals surface area contributed by atoms with Gasteiger partial charge in [-0.1, -0.05) is 0 Å². The van der Waals surface area contributed by atoms with Gasteiger partial charge in [-0.25, -0.2) is 25.3 Å². The van der Waals surface area contributed by atoms with Crippen molar-refractivity contribution in [1.29, 1.82) is 0 Å². The molecule has 0 aliphatic rings. The molecule has 0 spiro atoms. The van der Waals surface area contributed by atoms with E-state index >= 15 is 0 Å². The number of hydrogen-bond donors (Lipinski definition) is 0. The van der Waals surface area contributed by atoms with Gasteiger partial charge in [0.15, 0.2) is 30.1 Å². The summed E-state index contributed by atoms with van der Waals surface area (Å²) < 4.78 is 186. The fraction of sp³-hybridized carbons (Fsp3) is 1.00. The Kier molecular flexibility index (Phi) is 6.57. The Hall–Kier alpha value is -0.670. The monoisotopic (exact) mass is 488 g/mol. The van der Waals surface area contributed by atoms with Crippen LogP contribution in [0.2, 0.25) is 0 Å². The lowest BCUT2D eigenvalue weighted by Gasteiger charge is -2.52. The van der Waals surface area contributed by atoms with E-state index in [9.17, 15) is 69.3 Å². The third kappa shape index (κ3) is 5.92. The second kappa shape index (κ2) is 6.74. The predicted molar refractivity (Wildman–Crippen MR) is 62.6 cm³/mol. The van der Waals surface area contributed by atoms with Crippen molar-refractivity contribution in [2.45, 2.75) is 16.5 Å². The number of rotatable bonds is 6. The van der Waals surface area contributed by atoms with E-state index in [1.165, 1.54) is 0 Å². The van der Waals surface area contributed by atoms with E-state index in [-0.39, 0.29) is 0 Å². The van der Waals surface area contributed by atoms with Gasteiger partial charge >= 0.3 is 16.5 Å². The number of halogens is 9. The number of alkyl halides is 9. The molecule has 26 heavy (non-hydrogen) atoms. The van der Waals surface area contributed by atoms with E-state index in [2.05, 4.69) is 0 Å². The third-order valence-corrected chi connectivity index (χ3v) is 8.41. The molecule has 0 aromatic rings. The molecule has 0 unspecified atom stereocenters. The van der Waals surface area contributed by atoms with Crippen molar-refractivity contribution in [2.75, 3.05) is 0 Å². The molecule has 0 radical (unpaired) electrons. The lowest BCUT2D eigenvalue weighted by atomic mass is 11.6. The Labute approximate surface area is 137 Å². The van der Waals surface area contributed by atoms with Crippen LogP contribution in [0.15, 0.2) is 0 Å². The van der Waals surface area contributed by atoms with Crippen LogP contribution in [0.1, 0.15) is 0 Å². The number of hydrogen-bond acceptors (Lipinski definition) is 7. The van der Waals surface area contributed by atoms with Gasteiger partial charge in [0.2, 0.25) is 0 Å². The van der Waals surface area contributed by atoms with Crippen LogP contribution in [0.5, 0.6) is 0 Å². The van der Waals surface area contributed by atoms with Crippen molar-refractivity contribution in [1.82, 2.24) is 0 Å². The smallest absolute Gasteiger partial charge is 0.480 e. The van der Waals surface area contributed by atoms with Crippen LogP contribution in [0.25, 0.3) is 13.5 Å². The van der Waals surface area contributed by atoms with E-state index in [4.69, 9.17) is 0 Å². The Morgan fingerprint density at radius 1 is 0.500 bits per heavy atom. The fourth-order valence-corrected chi connectivity index (χ4v) is 6.24. The SMILES string of the molecule is O=P([N-]S(=O)(=O)C(F)(F)F)([N-]S(=O)(=O)C(F)(F)F)[N-]S(=O)(=O)C(F)(F)F. The Bertz CT molecular complexity index is 778.